The second kappa shape index (κ2) is 7.62. The third-order valence-electron chi connectivity index (χ3n) is 3.71. The summed E-state index contributed by atoms with van der Waals surface area (Å²) in [5.74, 6) is -1.31. The Morgan fingerprint density at radius 1 is 1.36 bits per heavy atom. The summed E-state index contributed by atoms with van der Waals surface area (Å²) in [6.45, 7) is 2.35. The van der Waals surface area contributed by atoms with Gasteiger partial charge in [-0.25, -0.2) is 8.78 Å². The van der Waals surface area contributed by atoms with Crippen molar-refractivity contribution in [3.8, 4) is 0 Å². The molecule has 1 fully saturated rings. The molecule has 1 saturated heterocycles. The zero-order valence-corrected chi connectivity index (χ0v) is 12.5. The van der Waals surface area contributed by atoms with Crippen LogP contribution in [0.1, 0.15) is 11.7 Å². The number of methoxy groups -OCH3 is 1. The molecule has 1 aliphatic heterocycles. The lowest BCUT2D eigenvalue weighted by Gasteiger charge is -2.35. The summed E-state index contributed by atoms with van der Waals surface area (Å²) in [7, 11) is 1.57. The number of carbonyl (C=O) groups is 1. The molecule has 0 aromatic heterocycles. The van der Waals surface area contributed by atoms with Gasteiger partial charge in [0.2, 0.25) is 5.91 Å². The van der Waals surface area contributed by atoms with Crippen molar-refractivity contribution >= 4 is 5.91 Å². The lowest BCUT2D eigenvalue weighted by Crippen LogP contribution is -2.51. The molecule has 0 aliphatic carbocycles. The van der Waals surface area contributed by atoms with Crippen molar-refractivity contribution in [2.45, 2.75) is 6.10 Å². The van der Waals surface area contributed by atoms with Gasteiger partial charge in [-0.05, 0) is 18.2 Å². The Labute approximate surface area is 128 Å². The summed E-state index contributed by atoms with van der Waals surface area (Å²) in [4.78, 5) is 15.4. The van der Waals surface area contributed by atoms with Crippen LogP contribution in [0, 0.1) is 11.6 Å². The predicted molar refractivity (Wildman–Crippen MR) is 76.2 cm³/mol. The number of halogens is 2. The van der Waals surface area contributed by atoms with Crippen LogP contribution in [0.25, 0.3) is 0 Å². The van der Waals surface area contributed by atoms with E-state index in [0.717, 1.165) is 18.2 Å². The van der Waals surface area contributed by atoms with Crippen LogP contribution in [0.5, 0.6) is 0 Å². The summed E-state index contributed by atoms with van der Waals surface area (Å²) in [6, 6.07) is 2.97. The first-order chi connectivity index (χ1) is 10.5. The minimum absolute atomic E-state index is 0.0600. The first-order valence-electron chi connectivity index (χ1n) is 7.13. The number of aliphatic hydroxyl groups is 1. The van der Waals surface area contributed by atoms with Gasteiger partial charge in [-0.2, -0.15) is 0 Å². The topological polar surface area (TPSA) is 53.0 Å². The maximum absolute atomic E-state index is 13.6. The lowest BCUT2D eigenvalue weighted by molar-refractivity contribution is -0.137. The molecular weight excluding hydrogens is 294 g/mol. The van der Waals surface area contributed by atoms with Gasteiger partial charge in [0, 0.05) is 38.9 Å². The molecule has 0 bridgehead atoms. The summed E-state index contributed by atoms with van der Waals surface area (Å²) in [5.41, 5.74) is -0.0886. The number of aliphatic hydroxyl groups excluding tert-OH is 1. The van der Waals surface area contributed by atoms with Gasteiger partial charge in [-0.15, -0.1) is 0 Å². The standard InChI is InChI=1S/C15H20F2N2O3/c1-22-7-6-19-5-4-18(10-15(19)21)9-14(20)12-8-11(16)2-3-13(12)17/h2-3,8,14,20H,4-7,9-10H2,1H3. The Kier molecular flexibility index (Phi) is 5.82. The number of piperazine rings is 1. The van der Waals surface area contributed by atoms with Gasteiger partial charge in [0.25, 0.3) is 0 Å². The average molecular weight is 314 g/mol. The number of ether oxygens (including phenoxy) is 1. The quantitative estimate of drug-likeness (QED) is 0.843. The Morgan fingerprint density at radius 2 is 2.14 bits per heavy atom. The van der Waals surface area contributed by atoms with E-state index in [4.69, 9.17) is 4.74 Å². The van der Waals surface area contributed by atoms with E-state index in [9.17, 15) is 18.7 Å². The van der Waals surface area contributed by atoms with Crippen molar-refractivity contribution in [1.82, 2.24) is 9.80 Å². The Hall–Kier alpha value is -1.57. The molecule has 0 radical (unpaired) electrons. The van der Waals surface area contributed by atoms with E-state index < -0.39 is 17.7 Å². The predicted octanol–water partition coefficient (Wildman–Crippen LogP) is 0.789. The molecule has 122 valence electrons. The monoisotopic (exact) mass is 314 g/mol. The number of nitrogens with zero attached hydrogens (tertiary/aromatic N) is 2. The highest BCUT2D eigenvalue weighted by Crippen LogP contribution is 2.20. The fraction of sp³-hybridized carbons (Fsp3) is 0.533. The van der Waals surface area contributed by atoms with Gasteiger partial charge in [0.15, 0.2) is 0 Å². The van der Waals surface area contributed by atoms with Gasteiger partial charge in [0.05, 0.1) is 19.3 Å². The van der Waals surface area contributed by atoms with Crippen LogP contribution < -0.4 is 0 Å². The van der Waals surface area contributed by atoms with Crippen molar-refractivity contribution in [3.05, 3.63) is 35.4 Å². The summed E-state index contributed by atoms with van der Waals surface area (Å²) < 4.78 is 31.7. The first kappa shape index (κ1) is 16.8. The van der Waals surface area contributed by atoms with E-state index in [1.807, 2.05) is 0 Å². The Morgan fingerprint density at radius 3 is 2.82 bits per heavy atom. The van der Waals surface area contributed by atoms with Crippen LogP contribution in [-0.4, -0.2) is 67.3 Å². The molecule has 1 heterocycles. The number of amides is 1. The molecule has 1 unspecified atom stereocenters. The maximum Gasteiger partial charge on any atom is 0.236 e. The second-order valence-corrected chi connectivity index (χ2v) is 5.29. The highest BCUT2D eigenvalue weighted by Gasteiger charge is 2.26. The third kappa shape index (κ3) is 4.22. The Bertz CT molecular complexity index is 528. The van der Waals surface area contributed by atoms with Gasteiger partial charge in [-0.3, -0.25) is 9.69 Å². The fourth-order valence-electron chi connectivity index (χ4n) is 2.46. The summed E-state index contributed by atoms with van der Waals surface area (Å²) in [5, 5.41) is 10.1. The Balaban J connectivity index is 1.92. The van der Waals surface area contributed by atoms with Crippen LogP contribution in [0.15, 0.2) is 18.2 Å². The van der Waals surface area contributed by atoms with Gasteiger partial charge in [-0.1, -0.05) is 0 Å². The molecule has 2 rings (SSSR count). The number of β-amino-alcohol motifs (C(OH)–C–C–N with tert-alkyl or cyclic N) is 1. The minimum Gasteiger partial charge on any atom is -0.387 e. The highest BCUT2D eigenvalue weighted by atomic mass is 19.1. The van der Waals surface area contributed by atoms with Crippen LogP contribution >= 0.6 is 0 Å². The van der Waals surface area contributed by atoms with E-state index in [2.05, 4.69) is 0 Å². The van der Waals surface area contributed by atoms with Crippen LogP contribution in [0.2, 0.25) is 0 Å². The highest BCUT2D eigenvalue weighted by molar-refractivity contribution is 5.79. The third-order valence-corrected chi connectivity index (χ3v) is 3.71. The molecular formula is C15H20F2N2O3. The molecule has 1 amide bonds. The molecule has 0 spiro atoms. The van der Waals surface area contributed by atoms with Crippen molar-refractivity contribution in [2.75, 3.05) is 46.4 Å². The fourth-order valence-corrected chi connectivity index (χ4v) is 2.46. The SMILES string of the molecule is COCCN1CCN(CC(O)c2cc(F)ccc2F)CC1=O. The van der Waals surface area contributed by atoms with E-state index in [1.54, 1.807) is 16.9 Å². The van der Waals surface area contributed by atoms with E-state index in [1.165, 1.54) is 0 Å². The normalized spacial score (nSPS) is 17.8. The van der Waals surface area contributed by atoms with Crippen LogP contribution in [-0.2, 0) is 9.53 Å². The molecule has 1 atom stereocenters. The summed E-state index contributed by atoms with van der Waals surface area (Å²) in [6.07, 6.45) is -1.17. The minimum atomic E-state index is -1.17. The molecule has 1 aromatic rings. The maximum atomic E-state index is 13.6. The van der Waals surface area contributed by atoms with E-state index in [0.29, 0.717) is 26.2 Å². The number of carbonyl (C=O) groups excluding carboxylic acids is 1. The smallest absolute Gasteiger partial charge is 0.236 e. The zero-order valence-electron chi connectivity index (χ0n) is 12.5. The number of hydrogen-bond acceptors (Lipinski definition) is 4. The molecule has 7 heteroatoms. The largest absolute Gasteiger partial charge is 0.387 e. The molecule has 0 saturated carbocycles. The van der Waals surface area contributed by atoms with E-state index in [-0.39, 0.29) is 24.6 Å². The lowest BCUT2D eigenvalue weighted by atomic mass is 10.1. The van der Waals surface area contributed by atoms with Crippen molar-refractivity contribution in [1.29, 1.82) is 0 Å². The van der Waals surface area contributed by atoms with Crippen molar-refractivity contribution in [3.63, 3.8) is 0 Å². The second-order valence-electron chi connectivity index (χ2n) is 5.29. The molecule has 1 N–H and O–H groups in total. The van der Waals surface area contributed by atoms with Crippen molar-refractivity contribution in [2.24, 2.45) is 0 Å². The zero-order chi connectivity index (χ0) is 16.1. The molecule has 1 aliphatic rings. The summed E-state index contributed by atoms with van der Waals surface area (Å²) >= 11 is 0. The first-order valence-corrected chi connectivity index (χ1v) is 7.13. The van der Waals surface area contributed by atoms with Crippen LogP contribution in [0.4, 0.5) is 8.78 Å². The molecule has 1 aromatic carbocycles. The average Bonchev–Trinajstić information content (AvgIpc) is 2.49. The van der Waals surface area contributed by atoms with Gasteiger partial charge < -0.3 is 14.7 Å². The van der Waals surface area contributed by atoms with Crippen LogP contribution in [0.3, 0.4) is 0 Å². The van der Waals surface area contributed by atoms with E-state index >= 15 is 0 Å². The molecule has 22 heavy (non-hydrogen) atoms. The number of rotatable bonds is 6. The van der Waals surface area contributed by atoms with Gasteiger partial charge >= 0.3 is 0 Å². The molecule has 5 nitrogen and oxygen atoms in total. The van der Waals surface area contributed by atoms with Gasteiger partial charge in [0.1, 0.15) is 11.6 Å². The van der Waals surface area contributed by atoms with Crippen molar-refractivity contribution < 1.29 is 23.4 Å². The number of hydrogen-bond donors (Lipinski definition) is 1. The number of benzene rings is 1.